The number of hydrogen-bond donors (Lipinski definition) is 1. The van der Waals surface area contributed by atoms with Crippen molar-refractivity contribution in [3.05, 3.63) is 0 Å². The van der Waals surface area contributed by atoms with Crippen LogP contribution in [-0.4, -0.2) is 44.7 Å². The molecule has 0 aromatic rings. The lowest BCUT2D eigenvalue weighted by Gasteiger charge is -2.20. The molecular formula is C8H17N3O. The van der Waals surface area contributed by atoms with Gasteiger partial charge in [0.25, 0.3) is 0 Å². The van der Waals surface area contributed by atoms with E-state index in [9.17, 15) is 0 Å². The van der Waals surface area contributed by atoms with Crippen LogP contribution in [0.4, 0.5) is 0 Å². The highest BCUT2D eigenvalue weighted by molar-refractivity contribution is 5.77. The van der Waals surface area contributed by atoms with Gasteiger partial charge in [-0.15, -0.1) is 0 Å². The van der Waals surface area contributed by atoms with Crippen molar-refractivity contribution in [1.82, 2.24) is 4.90 Å². The third kappa shape index (κ3) is 2.37. The molecule has 4 nitrogen and oxygen atoms in total. The second-order valence-electron chi connectivity index (χ2n) is 3.19. The minimum atomic E-state index is 0.599. The molecule has 0 aromatic carbocycles. The molecule has 70 valence electrons. The number of guanidine groups is 1. The first-order valence-electron chi connectivity index (χ1n) is 4.25. The quantitative estimate of drug-likeness (QED) is 0.466. The summed E-state index contributed by atoms with van der Waals surface area (Å²) in [5.74, 6) is 1.22. The fourth-order valence-corrected chi connectivity index (χ4v) is 1.38. The summed E-state index contributed by atoms with van der Waals surface area (Å²) in [6.07, 6.45) is 1.14. The van der Waals surface area contributed by atoms with Crippen molar-refractivity contribution < 1.29 is 4.74 Å². The van der Waals surface area contributed by atoms with Gasteiger partial charge in [-0.3, -0.25) is 4.99 Å². The highest BCUT2D eigenvalue weighted by atomic mass is 16.5. The Balaban J connectivity index is 2.29. The summed E-state index contributed by atoms with van der Waals surface area (Å²) in [4.78, 5) is 5.88. The number of ether oxygens (including phenoxy) is 1. The van der Waals surface area contributed by atoms with Crippen LogP contribution in [0.3, 0.4) is 0 Å². The maximum absolute atomic E-state index is 5.63. The van der Waals surface area contributed by atoms with E-state index < -0.39 is 0 Å². The molecule has 1 rings (SSSR count). The van der Waals surface area contributed by atoms with Crippen molar-refractivity contribution in [2.45, 2.75) is 6.42 Å². The molecule has 1 aliphatic heterocycles. The average molecular weight is 171 g/mol. The zero-order chi connectivity index (χ0) is 8.97. The van der Waals surface area contributed by atoms with E-state index in [0.29, 0.717) is 11.9 Å². The lowest BCUT2D eigenvalue weighted by molar-refractivity contribution is 0.181. The van der Waals surface area contributed by atoms with E-state index in [0.717, 1.165) is 26.2 Å². The topological polar surface area (TPSA) is 50.8 Å². The summed E-state index contributed by atoms with van der Waals surface area (Å²) in [7, 11) is 3.66. The lowest BCUT2D eigenvalue weighted by Crippen LogP contribution is -2.37. The molecule has 1 aliphatic rings. The Morgan fingerprint density at radius 2 is 2.50 bits per heavy atom. The second kappa shape index (κ2) is 4.30. The van der Waals surface area contributed by atoms with E-state index >= 15 is 0 Å². The molecule has 0 spiro atoms. The van der Waals surface area contributed by atoms with E-state index in [1.165, 1.54) is 0 Å². The van der Waals surface area contributed by atoms with Gasteiger partial charge < -0.3 is 15.4 Å². The van der Waals surface area contributed by atoms with E-state index in [1.54, 1.807) is 7.05 Å². The highest BCUT2D eigenvalue weighted by Gasteiger charge is 2.17. The maximum Gasteiger partial charge on any atom is 0.190 e. The molecule has 1 atom stereocenters. The van der Waals surface area contributed by atoms with Crippen molar-refractivity contribution >= 4 is 5.96 Å². The minimum Gasteiger partial charge on any atom is -0.381 e. The van der Waals surface area contributed by atoms with Crippen LogP contribution in [0.5, 0.6) is 0 Å². The van der Waals surface area contributed by atoms with Gasteiger partial charge in [0.1, 0.15) is 0 Å². The monoisotopic (exact) mass is 171 g/mol. The highest BCUT2D eigenvalue weighted by Crippen LogP contribution is 2.12. The van der Waals surface area contributed by atoms with Crippen LogP contribution >= 0.6 is 0 Å². The number of nitrogens with zero attached hydrogens (tertiary/aromatic N) is 2. The SMILES string of the molecule is CN=C(N)N(C)CC1CCOC1. The summed E-state index contributed by atoms with van der Waals surface area (Å²) < 4.78 is 5.26. The standard InChI is InChI=1S/C8H17N3O/c1-10-8(9)11(2)5-7-3-4-12-6-7/h7H,3-6H2,1-2H3,(H2,9,10). The number of aliphatic imine (C=N–C) groups is 1. The van der Waals surface area contributed by atoms with Crippen molar-refractivity contribution in [1.29, 1.82) is 0 Å². The third-order valence-electron chi connectivity index (χ3n) is 2.18. The van der Waals surface area contributed by atoms with Gasteiger partial charge in [0, 0.05) is 33.2 Å². The van der Waals surface area contributed by atoms with Gasteiger partial charge in [-0.25, -0.2) is 0 Å². The Labute approximate surface area is 73.4 Å². The Bertz CT molecular complexity index is 164. The Kier molecular flexibility index (Phi) is 3.34. The van der Waals surface area contributed by atoms with Crippen molar-refractivity contribution in [3.63, 3.8) is 0 Å². The van der Waals surface area contributed by atoms with Gasteiger partial charge >= 0.3 is 0 Å². The molecule has 1 fully saturated rings. The number of nitrogens with two attached hydrogens (primary N) is 1. The molecule has 2 N–H and O–H groups in total. The third-order valence-corrected chi connectivity index (χ3v) is 2.18. The molecule has 0 amide bonds. The summed E-state index contributed by atoms with van der Waals surface area (Å²) in [5.41, 5.74) is 5.63. The van der Waals surface area contributed by atoms with Gasteiger partial charge in [0.2, 0.25) is 0 Å². The van der Waals surface area contributed by atoms with Crippen molar-refractivity contribution in [2.75, 3.05) is 33.9 Å². The molecule has 0 aliphatic carbocycles. The molecule has 4 heteroatoms. The van der Waals surface area contributed by atoms with Crippen molar-refractivity contribution in [2.24, 2.45) is 16.6 Å². The molecule has 0 bridgehead atoms. The number of hydrogen-bond acceptors (Lipinski definition) is 2. The molecule has 1 heterocycles. The van der Waals surface area contributed by atoms with Crippen LogP contribution in [0.1, 0.15) is 6.42 Å². The van der Waals surface area contributed by atoms with Crippen LogP contribution in [0, 0.1) is 5.92 Å². The average Bonchev–Trinajstić information content (AvgIpc) is 2.55. The maximum atomic E-state index is 5.63. The smallest absolute Gasteiger partial charge is 0.190 e. The van der Waals surface area contributed by atoms with E-state index in [-0.39, 0.29) is 0 Å². The Morgan fingerprint density at radius 3 is 3.00 bits per heavy atom. The van der Waals surface area contributed by atoms with Crippen LogP contribution < -0.4 is 5.73 Å². The van der Waals surface area contributed by atoms with Gasteiger partial charge in [-0.1, -0.05) is 0 Å². The lowest BCUT2D eigenvalue weighted by atomic mass is 10.1. The molecule has 0 aromatic heterocycles. The molecule has 1 unspecified atom stereocenters. The van der Waals surface area contributed by atoms with Crippen LogP contribution in [0.15, 0.2) is 4.99 Å². The van der Waals surface area contributed by atoms with Crippen LogP contribution in [0.25, 0.3) is 0 Å². The van der Waals surface area contributed by atoms with Gasteiger partial charge in [-0.05, 0) is 6.42 Å². The summed E-state index contributed by atoms with van der Waals surface area (Å²) in [5, 5.41) is 0. The molecule has 0 radical (unpaired) electrons. The molecular weight excluding hydrogens is 154 g/mol. The first-order valence-corrected chi connectivity index (χ1v) is 4.25. The Morgan fingerprint density at radius 1 is 1.75 bits per heavy atom. The fourth-order valence-electron chi connectivity index (χ4n) is 1.38. The van der Waals surface area contributed by atoms with E-state index in [4.69, 9.17) is 10.5 Å². The normalized spacial score (nSPS) is 24.5. The van der Waals surface area contributed by atoms with Crippen molar-refractivity contribution in [3.8, 4) is 0 Å². The van der Waals surface area contributed by atoms with Gasteiger partial charge in [0.15, 0.2) is 5.96 Å². The molecule has 12 heavy (non-hydrogen) atoms. The van der Waals surface area contributed by atoms with E-state index in [1.807, 2.05) is 11.9 Å². The zero-order valence-electron chi connectivity index (χ0n) is 7.79. The molecule has 1 saturated heterocycles. The zero-order valence-corrected chi connectivity index (χ0v) is 7.79. The summed E-state index contributed by atoms with van der Waals surface area (Å²) in [6.45, 7) is 2.70. The van der Waals surface area contributed by atoms with Gasteiger partial charge in [-0.2, -0.15) is 0 Å². The largest absolute Gasteiger partial charge is 0.381 e. The minimum absolute atomic E-state index is 0.599. The number of rotatable bonds is 2. The molecule has 0 saturated carbocycles. The fraction of sp³-hybridized carbons (Fsp3) is 0.875. The Hall–Kier alpha value is -0.770. The van der Waals surface area contributed by atoms with Crippen LogP contribution in [-0.2, 0) is 4.74 Å². The summed E-state index contributed by atoms with van der Waals surface area (Å²) in [6, 6.07) is 0. The van der Waals surface area contributed by atoms with Crippen LogP contribution in [0.2, 0.25) is 0 Å². The first kappa shape index (κ1) is 9.32. The summed E-state index contributed by atoms with van der Waals surface area (Å²) >= 11 is 0. The first-order chi connectivity index (χ1) is 5.74. The second-order valence-corrected chi connectivity index (χ2v) is 3.19. The predicted octanol–water partition coefficient (Wildman–Crippen LogP) is -0.101. The van der Waals surface area contributed by atoms with Gasteiger partial charge in [0.05, 0.1) is 6.61 Å². The van der Waals surface area contributed by atoms with E-state index in [2.05, 4.69) is 4.99 Å². The predicted molar refractivity (Wildman–Crippen MR) is 49.1 cm³/mol.